The maximum atomic E-state index is 6.42. The molecule has 146 valence electrons. The second-order valence-electron chi connectivity index (χ2n) is 6.00. The molecule has 0 bridgehead atoms. The van der Waals surface area contributed by atoms with E-state index in [9.17, 15) is 0 Å². The van der Waals surface area contributed by atoms with Gasteiger partial charge in [-0.3, -0.25) is 0 Å². The van der Waals surface area contributed by atoms with Crippen LogP contribution in [0, 0.1) is 6.92 Å². The SMILES string of the molecule is COc1cnc2c(-c3nc4c(Cl)cc(OCCN)cc4s3)cc(C)cc2n1.Cl. The van der Waals surface area contributed by atoms with Gasteiger partial charge in [0.05, 0.1) is 34.1 Å². The number of aromatic nitrogens is 3. The molecule has 2 aromatic heterocycles. The summed E-state index contributed by atoms with van der Waals surface area (Å²) in [6, 6.07) is 7.74. The molecule has 0 fully saturated rings. The number of aryl methyl sites for hydroxylation is 1. The molecule has 0 saturated carbocycles. The van der Waals surface area contributed by atoms with Crippen molar-refractivity contribution >= 4 is 56.6 Å². The predicted molar refractivity (Wildman–Crippen MR) is 116 cm³/mol. The van der Waals surface area contributed by atoms with Gasteiger partial charge in [0, 0.05) is 18.2 Å². The number of halogens is 2. The van der Waals surface area contributed by atoms with E-state index < -0.39 is 0 Å². The summed E-state index contributed by atoms with van der Waals surface area (Å²) >= 11 is 7.96. The number of hydrogen-bond acceptors (Lipinski definition) is 7. The van der Waals surface area contributed by atoms with Crippen LogP contribution in [-0.4, -0.2) is 35.2 Å². The third-order valence-electron chi connectivity index (χ3n) is 4.02. The van der Waals surface area contributed by atoms with Gasteiger partial charge in [-0.05, 0) is 30.7 Å². The molecule has 0 aliphatic rings. The van der Waals surface area contributed by atoms with E-state index in [0.29, 0.717) is 29.8 Å². The van der Waals surface area contributed by atoms with Crippen molar-refractivity contribution in [2.75, 3.05) is 20.3 Å². The van der Waals surface area contributed by atoms with Crippen LogP contribution in [0.1, 0.15) is 5.56 Å². The Balaban J connectivity index is 0.00000225. The highest BCUT2D eigenvalue weighted by Crippen LogP contribution is 2.38. The van der Waals surface area contributed by atoms with Gasteiger partial charge in [0.1, 0.15) is 22.9 Å². The number of ether oxygens (including phenoxy) is 2. The first kappa shape index (κ1) is 20.5. The average molecular weight is 437 g/mol. The van der Waals surface area contributed by atoms with Crippen molar-refractivity contribution in [3.8, 4) is 22.2 Å². The van der Waals surface area contributed by atoms with E-state index in [1.165, 1.54) is 11.3 Å². The predicted octanol–water partition coefficient (Wildman–Crippen LogP) is 4.64. The van der Waals surface area contributed by atoms with Crippen LogP contribution in [0.4, 0.5) is 0 Å². The van der Waals surface area contributed by atoms with E-state index in [-0.39, 0.29) is 12.4 Å². The molecule has 2 aromatic carbocycles. The lowest BCUT2D eigenvalue weighted by atomic mass is 10.1. The number of nitrogens with zero attached hydrogens (tertiary/aromatic N) is 3. The Hall–Kier alpha value is -2.19. The molecule has 0 radical (unpaired) electrons. The third kappa shape index (κ3) is 3.84. The number of thiazole rings is 1. The van der Waals surface area contributed by atoms with Crippen LogP contribution in [0.25, 0.3) is 31.8 Å². The Labute approximate surface area is 177 Å². The summed E-state index contributed by atoms with van der Waals surface area (Å²) in [6.07, 6.45) is 1.61. The van der Waals surface area contributed by atoms with Gasteiger partial charge in [0.15, 0.2) is 0 Å². The third-order valence-corrected chi connectivity index (χ3v) is 5.34. The average Bonchev–Trinajstić information content (AvgIpc) is 3.09. The first-order valence-electron chi connectivity index (χ1n) is 8.33. The van der Waals surface area contributed by atoms with Crippen LogP contribution in [0.5, 0.6) is 11.6 Å². The lowest BCUT2D eigenvalue weighted by molar-refractivity contribution is 0.329. The van der Waals surface area contributed by atoms with Crippen molar-refractivity contribution in [1.29, 1.82) is 0 Å². The smallest absolute Gasteiger partial charge is 0.232 e. The van der Waals surface area contributed by atoms with Crippen molar-refractivity contribution in [3.63, 3.8) is 0 Å². The van der Waals surface area contributed by atoms with Gasteiger partial charge in [-0.25, -0.2) is 15.0 Å². The minimum absolute atomic E-state index is 0. The van der Waals surface area contributed by atoms with E-state index in [1.807, 2.05) is 19.1 Å². The first-order valence-corrected chi connectivity index (χ1v) is 9.53. The number of fused-ring (bicyclic) bond motifs is 2. The zero-order chi connectivity index (χ0) is 19.0. The van der Waals surface area contributed by atoms with Crippen LogP contribution in [0.3, 0.4) is 0 Å². The second-order valence-corrected chi connectivity index (χ2v) is 7.44. The summed E-state index contributed by atoms with van der Waals surface area (Å²) in [4.78, 5) is 13.8. The Bertz CT molecular complexity index is 1150. The van der Waals surface area contributed by atoms with Gasteiger partial charge in [-0.2, -0.15) is 0 Å². The summed E-state index contributed by atoms with van der Waals surface area (Å²) in [5.41, 5.74) is 9.77. The lowest BCUT2D eigenvalue weighted by Crippen LogP contribution is -2.10. The molecule has 2 N–H and O–H groups in total. The fourth-order valence-electron chi connectivity index (χ4n) is 2.85. The topological polar surface area (TPSA) is 83.2 Å². The van der Waals surface area contributed by atoms with Crippen molar-refractivity contribution in [1.82, 2.24) is 15.0 Å². The molecule has 0 amide bonds. The van der Waals surface area contributed by atoms with Gasteiger partial charge in [0.2, 0.25) is 5.88 Å². The maximum Gasteiger partial charge on any atom is 0.232 e. The van der Waals surface area contributed by atoms with Crippen molar-refractivity contribution in [2.45, 2.75) is 6.92 Å². The molecule has 0 aliphatic heterocycles. The zero-order valence-corrected chi connectivity index (χ0v) is 17.6. The summed E-state index contributed by atoms with van der Waals surface area (Å²) < 4.78 is 11.7. The molecular weight excluding hydrogens is 419 g/mol. The van der Waals surface area contributed by atoms with Gasteiger partial charge < -0.3 is 15.2 Å². The van der Waals surface area contributed by atoms with Gasteiger partial charge >= 0.3 is 0 Å². The molecule has 0 unspecified atom stereocenters. The molecule has 0 spiro atoms. The van der Waals surface area contributed by atoms with E-state index in [2.05, 4.69) is 16.0 Å². The van der Waals surface area contributed by atoms with Gasteiger partial charge in [0.25, 0.3) is 0 Å². The van der Waals surface area contributed by atoms with Crippen molar-refractivity contribution < 1.29 is 9.47 Å². The summed E-state index contributed by atoms with van der Waals surface area (Å²) in [6.45, 7) is 2.90. The standard InChI is InChI=1S/C19H17ClN4O2S.ClH/c1-10-5-12(17-14(6-10)23-16(25-2)9-22-17)19-24-18-13(20)7-11(26-4-3-21)8-15(18)27-19;/h5-9H,3-4,21H2,1-2H3;1H. The first-order chi connectivity index (χ1) is 13.1. The molecule has 0 saturated heterocycles. The molecule has 9 heteroatoms. The molecule has 6 nitrogen and oxygen atoms in total. The van der Waals surface area contributed by atoms with Crippen LogP contribution in [-0.2, 0) is 0 Å². The highest BCUT2D eigenvalue weighted by Gasteiger charge is 2.15. The van der Waals surface area contributed by atoms with Crippen LogP contribution in [0.2, 0.25) is 5.02 Å². The van der Waals surface area contributed by atoms with E-state index in [1.54, 1.807) is 19.4 Å². The number of rotatable bonds is 5. The Morgan fingerprint density at radius 2 is 1.96 bits per heavy atom. The Morgan fingerprint density at radius 1 is 1.14 bits per heavy atom. The molecular formula is C19H18Cl2N4O2S. The number of hydrogen-bond donors (Lipinski definition) is 1. The molecule has 0 aliphatic carbocycles. The highest BCUT2D eigenvalue weighted by atomic mass is 35.5. The van der Waals surface area contributed by atoms with Gasteiger partial charge in [-0.15, -0.1) is 23.7 Å². The largest absolute Gasteiger partial charge is 0.492 e. The van der Waals surface area contributed by atoms with Crippen molar-refractivity contribution in [3.05, 3.63) is 41.0 Å². The molecule has 4 aromatic rings. The minimum Gasteiger partial charge on any atom is -0.492 e. The lowest BCUT2D eigenvalue weighted by Gasteiger charge is -2.06. The zero-order valence-electron chi connectivity index (χ0n) is 15.2. The maximum absolute atomic E-state index is 6.42. The van der Waals surface area contributed by atoms with Gasteiger partial charge in [-0.1, -0.05) is 11.6 Å². The minimum atomic E-state index is 0. The summed E-state index contributed by atoms with van der Waals surface area (Å²) in [5.74, 6) is 1.17. The van der Waals surface area contributed by atoms with Crippen molar-refractivity contribution in [2.24, 2.45) is 5.73 Å². The number of methoxy groups -OCH3 is 1. The highest BCUT2D eigenvalue weighted by molar-refractivity contribution is 7.21. The van der Waals surface area contributed by atoms with Crippen LogP contribution >= 0.6 is 35.3 Å². The summed E-state index contributed by atoms with van der Waals surface area (Å²) in [5, 5.41) is 1.38. The van der Waals surface area contributed by atoms with E-state index in [4.69, 9.17) is 31.8 Å². The van der Waals surface area contributed by atoms with Crippen LogP contribution in [0.15, 0.2) is 30.5 Å². The number of benzene rings is 2. The monoisotopic (exact) mass is 436 g/mol. The Kier molecular flexibility index (Phi) is 6.20. The van der Waals surface area contributed by atoms with Crippen LogP contribution < -0.4 is 15.2 Å². The van der Waals surface area contributed by atoms with E-state index in [0.717, 1.165) is 37.4 Å². The fraction of sp³-hybridized carbons (Fsp3) is 0.211. The van der Waals surface area contributed by atoms with E-state index >= 15 is 0 Å². The normalized spacial score (nSPS) is 10.9. The summed E-state index contributed by atoms with van der Waals surface area (Å²) in [7, 11) is 1.58. The fourth-order valence-corrected chi connectivity index (χ4v) is 4.20. The molecule has 28 heavy (non-hydrogen) atoms. The number of nitrogens with two attached hydrogens (primary N) is 1. The molecule has 2 heterocycles. The molecule has 0 atom stereocenters. The molecule has 4 rings (SSSR count). The second kappa shape index (κ2) is 8.45. The Morgan fingerprint density at radius 3 is 2.71 bits per heavy atom. The quantitative estimate of drug-likeness (QED) is 0.490.